The maximum Gasteiger partial charge on any atom is 0.339 e. The second-order valence-corrected chi connectivity index (χ2v) is 17.6. The smallest absolute Gasteiger partial charge is 0.339 e. The number of ether oxygens (including phenoxy) is 26. The first-order valence-electron chi connectivity index (χ1n) is 30.1. The van der Waals surface area contributed by atoms with Crippen molar-refractivity contribution >= 4 is 11.9 Å². The monoisotopic (exact) mass is 1280 g/mol. The van der Waals surface area contributed by atoms with Crippen molar-refractivity contribution in [2.75, 3.05) is 331 Å². The summed E-state index contributed by atoms with van der Waals surface area (Å²) < 4.78 is 141. The van der Waals surface area contributed by atoms with Gasteiger partial charge < -0.3 is 133 Å². The molecular formula is C58H106O30. The molecule has 0 aromatic heterocycles. The Bertz CT molecular complexity index is 1490. The molecule has 1 rings (SSSR count). The van der Waals surface area contributed by atoms with E-state index in [1.54, 1.807) is 14.2 Å². The molecule has 0 saturated carbocycles. The van der Waals surface area contributed by atoms with Crippen LogP contribution in [0.1, 0.15) is 20.7 Å². The van der Waals surface area contributed by atoms with Crippen LogP contribution in [0.2, 0.25) is 0 Å². The van der Waals surface area contributed by atoms with Gasteiger partial charge in [0.1, 0.15) is 35.8 Å². The fourth-order valence-corrected chi connectivity index (χ4v) is 6.44. The molecule has 0 amide bonds. The van der Waals surface area contributed by atoms with Crippen molar-refractivity contribution in [3.05, 3.63) is 23.3 Å². The van der Waals surface area contributed by atoms with Crippen LogP contribution < -0.4 is 9.47 Å². The number of hydrogen-bond acceptors (Lipinski definition) is 28. The van der Waals surface area contributed by atoms with Gasteiger partial charge in [0.25, 0.3) is 0 Å². The predicted octanol–water partition coefficient (Wildman–Crippen LogP) is 1.50. The lowest BCUT2D eigenvalue weighted by molar-refractivity contribution is -0.0282. The highest BCUT2D eigenvalue weighted by Crippen LogP contribution is 2.29. The normalized spacial score (nSPS) is 11.6. The minimum Gasteiger partial charge on any atom is -0.490 e. The van der Waals surface area contributed by atoms with E-state index in [1.165, 1.54) is 0 Å². The summed E-state index contributed by atoms with van der Waals surface area (Å²) >= 11 is 0. The van der Waals surface area contributed by atoms with E-state index >= 15 is 0 Å². The number of carboxylic acids is 2. The van der Waals surface area contributed by atoms with Crippen LogP contribution in [0.3, 0.4) is 0 Å². The zero-order valence-corrected chi connectivity index (χ0v) is 52.4. The number of rotatable bonds is 76. The van der Waals surface area contributed by atoms with Crippen LogP contribution in [0.15, 0.2) is 12.1 Å². The van der Waals surface area contributed by atoms with Gasteiger partial charge in [-0.25, -0.2) is 9.59 Å². The minimum absolute atomic E-state index is 0.0365. The molecule has 0 saturated heterocycles. The molecular weight excluding hydrogens is 1180 g/mol. The minimum atomic E-state index is -1.32. The topological polar surface area (TPSA) is 315 Å². The SMILES string of the molecule is COCCOCCOCCOCCOCCOCCOCCOCCOCCOCCOCCOCCOc1cc(C(=O)O)c(OCCOCCOCCOCCOCCOCCOCCOCCOCCOCCOCCOCCOC)cc1C(=O)O. The maximum absolute atomic E-state index is 12.0. The van der Waals surface area contributed by atoms with Crippen LogP contribution in [0.5, 0.6) is 11.5 Å². The van der Waals surface area contributed by atoms with Crippen LogP contribution in [-0.2, 0) is 114 Å². The Morgan fingerprint density at radius 2 is 0.330 bits per heavy atom. The summed E-state index contributed by atoms with van der Waals surface area (Å²) in [6, 6.07) is 2.23. The van der Waals surface area contributed by atoms with Crippen LogP contribution in [0, 0.1) is 0 Å². The average Bonchev–Trinajstić information content (AvgIpc) is 3.72. The fourth-order valence-electron chi connectivity index (χ4n) is 6.44. The van der Waals surface area contributed by atoms with Crippen LogP contribution in [-0.4, -0.2) is 354 Å². The lowest BCUT2D eigenvalue weighted by Crippen LogP contribution is -2.16. The molecule has 0 aliphatic rings. The first kappa shape index (κ1) is 82.8. The molecule has 30 nitrogen and oxygen atoms in total. The van der Waals surface area contributed by atoms with Gasteiger partial charge in [-0.1, -0.05) is 0 Å². The van der Waals surface area contributed by atoms with Crippen molar-refractivity contribution in [1.82, 2.24) is 0 Å². The van der Waals surface area contributed by atoms with Crippen molar-refractivity contribution < 1.29 is 143 Å². The highest BCUT2D eigenvalue weighted by molar-refractivity contribution is 5.97. The number of hydrogen-bond donors (Lipinski definition) is 2. The van der Waals surface area contributed by atoms with E-state index in [0.29, 0.717) is 277 Å². The lowest BCUT2D eigenvalue weighted by atomic mass is 10.1. The fraction of sp³-hybridized carbons (Fsp3) is 0.862. The molecule has 0 aliphatic carbocycles. The van der Waals surface area contributed by atoms with Gasteiger partial charge >= 0.3 is 11.9 Å². The van der Waals surface area contributed by atoms with Gasteiger partial charge in [-0.2, -0.15) is 0 Å². The van der Waals surface area contributed by atoms with Crippen LogP contribution >= 0.6 is 0 Å². The van der Waals surface area contributed by atoms with E-state index in [9.17, 15) is 19.8 Å². The van der Waals surface area contributed by atoms with E-state index in [4.69, 9.17) is 123 Å². The van der Waals surface area contributed by atoms with Crippen molar-refractivity contribution in [3.8, 4) is 11.5 Å². The Labute approximate surface area is 519 Å². The number of benzene rings is 1. The zero-order chi connectivity index (χ0) is 63.2. The number of carbonyl (C=O) groups is 2. The largest absolute Gasteiger partial charge is 0.490 e. The Hall–Kier alpha value is -3.20. The van der Waals surface area contributed by atoms with E-state index in [-0.39, 0.29) is 62.3 Å². The molecule has 0 aliphatic heterocycles. The van der Waals surface area contributed by atoms with E-state index in [1.807, 2.05) is 0 Å². The summed E-state index contributed by atoms with van der Waals surface area (Å²) in [5.74, 6) is -2.92. The van der Waals surface area contributed by atoms with Gasteiger partial charge in [-0.05, 0) is 12.1 Å². The van der Waals surface area contributed by atoms with Gasteiger partial charge in [0, 0.05) is 14.2 Å². The number of carboxylic acid groups (broad SMARTS) is 2. The quantitative estimate of drug-likeness (QED) is 0.0873. The van der Waals surface area contributed by atoms with Crippen LogP contribution in [0.4, 0.5) is 0 Å². The second kappa shape index (κ2) is 69.7. The molecule has 0 radical (unpaired) electrons. The molecule has 0 unspecified atom stereocenters. The third kappa shape index (κ3) is 59.1. The zero-order valence-electron chi connectivity index (χ0n) is 52.4. The molecule has 1 aromatic carbocycles. The Balaban J connectivity index is 1.88. The van der Waals surface area contributed by atoms with E-state index < -0.39 is 11.9 Å². The molecule has 30 heteroatoms. The standard InChI is InChI=1S/C58H106O30/c1-63-3-5-65-7-9-67-11-13-69-15-17-71-19-21-73-23-25-75-27-29-77-31-33-79-35-37-81-39-41-83-43-45-85-47-49-87-55-51-54(58(61)62)56(52-53(55)57(59)60)88-50-48-86-46-44-84-42-40-82-38-36-80-34-32-78-30-28-76-26-24-74-22-20-72-18-16-70-14-12-68-10-8-66-6-4-64-2/h51-52H,3-50H2,1-2H3,(H,59,60)(H,61,62). The molecule has 0 heterocycles. The average molecular weight is 1280 g/mol. The Morgan fingerprint density at radius 3 is 0.443 bits per heavy atom. The van der Waals surface area contributed by atoms with Crippen molar-refractivity contribution in [2.24, 2.45) is 0 Å². The first-order chi connectivity index (χ1) is 43.5. The lowest BCUT2D eigenvalue weighted by Gasteiger charge is -2.15. The molecule has 0 fully saturated rings. The highest BCUT2D eigenvalue weighted by atomic mass is 16.6. The van der Waals surface area contributed by atoms with Gasteiger partial charge in [0.2, 0.25) is 0 Å². The predicted molar refractivity (Wildman–Crippen MR) is 313 cm³/mol. The summed E-state index contributed by atoms with van der Waals surface area (Å²) in [7, 11) is 3.27. The Morgan fingerprint density at radius 1 is 0.216 bits per heavy atom. The third-order valence-corrected chi connectivity index (χ3v) is 10.8. The van der Waals surface area contributed by atoms with Crippen molar-refractivity contribution in [3.63, 3.8) is 0 Å². The van der Waals surface area contributed by atoms with Crippen LogP contribution in [0.25, 0.3) is 0 Å². The van der Waals surface area contributed by atoms with Crippen molar-refractivity contribution in [1.29, 1.82) is 0 Å². The molecule has 1 aromatic rings. The number of aromatic carboxylic acids is 2. The van der Waals surface area contributed by atoms with Gasteiger partial charge in [-0.15, -0.1) is 0 Å². The molecule has 88 heavy (non-hydrogen) atoms. The summed E-state index contributed by atoms with van der Waals surface area (Å²) in [5.41, 5.74) is -0.537. The van der Waals surface area contributed by atoms with Gasteiger partial charge in [-0.3, -0.25) is 0 Å². The highest BCUT2D eigenvalue weighted by Gasteiger charge is 2.21. The number of methoxy groups -OCH3 is 2. The molecule has 0 spiro atoms. The summed E-state index contributed by atoms with van der Waals surface area (Å²) in [4.78, 5) is 24.1. The summed E-state index contributed by atoms with van der Waals surface area (Å²) in [5, 5.41) is 19.6. The van der Waals surface area contributed by atoms with Gasteiger partial charge in [0.05, 0.1) is 304 Å². The van der Waals surface area contributed by atoms with E-state index in [2.05, 4.69) is 0 Å². The molecule has 0 bridgehead atoms. The summed E-state index contributed by atoms with van der Waals surface area (Å²) in [6.45, 7) is 20.0. The molecule has 518 valence electrons. The molecule has 0 atom stereocenters. The third-order valence-electron chi connectivity index (χ3n) is 10.8. The molecule has 2 N–H and O–H groups in total. The first-order valence-corrected chi connectivity index (χ1v) is 30.1. The van der Waals surface area contributed by atoms with Gasteiger partial charge in [0.15, 0.2) is 0 Å². The second-order valence-electron chi connectivity index (χ2n) is 17.6. The van der Waals surface area contributed by atoms with Crippen molar-refractivity contribution in [2.45, 2.75) is 0 Å². The summed E-state index contributed by atoms with van der Waals surface area (Å²) in [6.07, 6.45) is 0. The van der Waals surface area contributed by atoms with E-state index in [0.717, 1.165) is 12.1 Å². The maximum atomic E-state index is 12.0. The Kier molecular flexibility index (Phi) is 65.6.